The second-order valence-corrected chi connectivity index (χ2v) is 4.79. The molecule has 0 heterocycles. The summed E-state index contributed by atoms with van der Waals surface area (Å²) in [5, 5.41) is 10.7. The number of ether oxygens (including phenoxy) is 2. The molecule has 20 heavy (non-hydrogen) atoms. The minimum atomic E-state index is -1.16. The van der Waals surface area contributed by atoms with Crippen LogP contribution in [0, 0.1) is 10.1 Å². The highest BCUT2D eigenvalue weighted by Gasteiger charge is 2.29. The van der Waals surface area contributed by atoms with Crippen molar-refractivity contribution in [3.63, 3.8) is 0 Å². The molecular formula is C12H15ClN2O5. The fourth-order valence-electron chi connectivity index (χ4n) is 1.43. The van der Waals surface area contributed by atoms with Gasteiger partial charge in [0.2, 0.25) is 0 Å². The van der Waals surface area contributed by atoms with Crippen molar-refractivity contribution in [3.05, 3.63) is 33.3 Å². The van der Waals surface area contributed by atoms with Crippen LogP contribution in [-0.2, 0) is 9.53 Å². The summed E-state index contributed by atoms with van der Waals surface area (Å²) in [4.78, 5) is 21.4. The molecule has 1 aromatic carbocycles. The van der Waals surface area contributed by atoms with Gasteiger partial charge in [0, 0.05) is 18.6 Å². The smallest absolute Gasteiger partial charge is 0.325 e. The van der Waals surface area contributed by atoms with Crippen LogP contribution in [-0.4, -0.2) is 30.1 Å². The Bertz CT molecular complexity index is 519. The van der Waals surface area contributed by atoms with Gasteiger partial charge >= 0.3 is 5.97 Å². The molecule has 1 unspecified atom stereocenters. The van der Waals surface area contributed by atoms with Gasteiger partial charge < -0.3 is 15.2 Å². The molecule has 0 amide bonds. The molecule has 1 aromatic rings. The largest absolute Gasteiger partial charge is 0.492 e. The Hall–Kier alpha value is -1.86. The van der Waals surface area contributed by atoms with E-state index in [0.29, 0.717) is 0 Å². The van der Waals surface area contributed by atoms with E-state index < -0.39 is 16.4 Å². The Balaban J connectivity index is 2.63. The summed E-state index contributed by atoms with van der Waals surface area (Å²) in [6.45, 7) is 1.65. The first-order chi connectivity index (χ1) is 9.27. The number of nitro groups is 1. The molecule has 2 N–H and O–H groups in total. The number of nitro benzene ring substituents is 1. The van der Waals surface area contributed by atoms with Crippen molar-refractivity contribution in [1.29, 1.82) is 0 Å². The number of non-ortho nitro benzene ring substituents is 1. The normalized spacial score (nSPS) is 13.4. The van der Waals surface area contributed by atoms with Gasteiger partial charge in [-0.25, -0.2) is 0 Å². The number of hydrogen-bond acceptors (Lipinski definition) is 6. The lowest BCUT2D eigenvalue weighted by molar-refractivity contribution is -0.384. The third kappa shape index (κ3) is 4.07. The molecule has 0 bridgehead atoms. The molecule has 7 nitrogen and oxygen atoms in total. The molecule has 0 radical (unpaired) electrons. The summed E-state index contributed by atoms with van der Waals surface area (Å²) in [5.74, 6) is -0.256. The first kappa shape index (κ1) is 16.2. The fraction of sp³-hybridized carbons (Fsp3) is 0.417. The van der Waals surface area contributed by atoms with Crippen LogP contribution in [0.3, 0.4) is 0 Å². The average molecular weight is 303 g/mol. The molecule has 110 valence electrons. The molecule has 0 spiro atoms. The number of esters is 1. The Morgan fingerprint density at radius 2 is 2.20 bits per heavy atom. The van der Waals surface area contributed by atoms with Gasteiger partial charge in [-0.2, -0.15) is 0 Å². The van der Waals surface area contributed by atoms with Gasteiger partial charge in [0.1, 0.15) is 11.3 Å². The number of carbonyl (C=O) groups excluding carboxylic acids is 1. The maximum absolute atomic E-state index is 11.4. The van der Waals surface area contributed by atoms with Gasteiger partial charge in [0.15, 0.2) is 0 Å². The number of hydrogen-bond donors (Lipinski definition) is 1. The van der Waals surface area contributed by atoms with Crippen LogP contribution in [0.4, 0.5) is 5.69 Å². The molecule has 0 aromatic heterocycles. The van der Waals surface area contributed by atoms with Gasteiger partial charge in [0.25, 0.3) is 5.69 Å². The molecule has 1 rings (SSSR count). The molecule has 0 fully saturated rings. The Morgan fingerprint density at radius 3 is 2.70 bits per heavy atom. The number of rotatable bonds is 6. The van der Waals surface area contributed by atoms with Crippen LogP contribution in [0.5, 0.6) is 5.75 Å². The maximum Gasteiger partial charge on any atom is 0.325 e. The minimum absolute atomic E-state index is 0.121. The Labute approximate surface area is 120 Å². The van der Waals surface area contributed by atoms with Crippen LogP contribution in [0.1, 0.15) is 13.3 Å². The molecule has 0 saturated carbocycles. The van der Waals surface area contributed by atoms with Crippen LogP contribution < -0.4 is 10.5 Å². The summed E-state index contributed by atoms with van der Waals surface area (Å²) in [6.07, 6.45) is 0.215. The van der Waals surface area contributed by atoms with Gasteiger partial charge in [0.05, 0.1) is 23.7 Å². The van der Waals surface area contributed by atoms with E-state index in [2.05, 4.69) is 4.74 Å². The zero-order valence-corrected chi connectivity index (χ0v) is 11.8. The van der Waals surface area contributed by atoms with Crippen molar-refractivity contribution in [1.82, 2.24) is 0 Å². The molecule has 0 saturated heterocycles. The second-order valence-electron chi connectivity index (χ2n) is 4.38. The summed E-state index contributed by atoms with van der Waals surface area (Å²) in [7, 11) is 1.25. The minimum Gasteiger partial charge on any atom is -0.492 e. The summed E-state index contributed by atoms with van der Waals surface area (Å²) in [6, 6.07) is 3.87. The van der Waals surface area contributed by atoms with E-state index in [1.165, 1.54) is 32.2 Å². The number of benzene rings is 1. The lowest BCUT2D eigenvalue weighted by Crippen LogP contribution is -2.46. The first-order valence-electron chi connectivity index (χ1n) is 5.72. The average Bonchev–Trinajstić information content (AvgIpc) is 2.39. The molecule has 1 atom stereocenters. The number of methoxy groups -OCH3 is 1. The zero-order chi connectivity index (χ0) is 15.3. The SMILES string of the molecule is COC(=O)C(C)(N)CCOc1ccc([N+](=O)[O-])cc1Cl. The predicted octanol–water partition coefficient (Wildman–Crippen LogP) is 1.91. The number of nitrogens with zero attached hydrogens (tertiary/aromatic N) is 1. The lowest BCUT2D eigenvalue weighted by Gasteiger charge is -2.21. The van der Waals surface area contributed by atoms with Crippen LogP contribution in [0.2, 0.25) is 5.02 Å². The van der Waals surface area contributed by atoms with E-state index in [0.717, 1.165) is 0 Å². The molecule has 0 aliphatic rings. The summed E-state index contributed by atoms with van der Waals surface area (Å²) >= 11 is 5.86. The van der Waals surface area contributed by atoms with E-state index in [4.69, 9.17) is 22.1 Å². The van der Waals surface area contributed by atoms with E-state index in [1.54, 1.807) is 0 Å². The fourth-order valence-corrected chi connectivity index (χ4v) is 1.66. The molecular weight excluding hydrogens is 288 g/mol. The predicted molar refractivity (Wildman–Crippen MR) is 72.8 cm³/mol. The van der Waals surface area contributed by atoms with Crippen molar-refractivity contribution in [3.8, 4) is 5.75 Å². The van der Waals surface area contributed by atoms with Crippen molar-refractivity contribution in [2.75, 3.05) is 13.7 Å². The maximum atomic E-state index is 11.4. The quantitative estimate of drug-likeness (QED) is 0.489. The van der Waals surface area contributed by atoms with Crippen molar-refractivity contribution in [2.45, 2.75) is 18.9 Å². The first-order valence-corrected chi connectivity index (χ1v) is 6.10. The zero-order valence-electron chi connectivity index (χ0n) is 11.1. The molecule has 0 aliphatic heterocycles. The van der Waals surface area contributed by atoms with Crippen LogP contribution >= 0.6 is 11.6 Å². The number of nitrogens with two attached hydrogens (primary N) is 1. The lowest BCUT2D eigenvalue weighted by atomic mass is 10.0. The van der Waals surface area contributed by atoms with Gasteiger partial charge in [-0.05, 0) is 13.0 Å². The molecule has 0 aliphatic carbocycles. The molecule has 8 heteroatoms. The second kappa shape index (κ2) is 6.53. The van der Waals surface area contributed by atoms with Gasteiger partial charge in [-0.3, -0.25) is 14.9 Å². The highest BCUT2D eigenvalue weighted by atomic mass is 35.5. The van der Waals surface area contributed by atoms with E-state index in [1.807, 2.05) is 0 Å². The van der Waals surface area contributed by atoms with E-state index in [-0.39, 0.29) is 29.5 Å². The Kier molecular flexibility index (Phi) is 5.29. The van der Waals surface area contributed by atoms with Crippen LogP contribution in [0.25, 0.3) is 0 Å². The van der Waals surface area contributed by atoms with Gasteiger partial charge in [-0.1, -0.05) is 11.6 Å². The summed E-state index contributed by atoms with van der Waals surface area (Å²) in [5.41, 5.74) is 4.47. The van der Waals surface area contributed by atoms with Crippen molar-refractivity contribution in [2.24, 2.45) is 5.73 Å². The monoisotopic (exact) mass is 302 g/mol. The van der Waals surface area contributed by atoms with Crippen molar-refractivity contribution >= 4 is 23.3 Å². The third-order valence-electron chi connectivity index (χ3n) is 2.66. The van der Waals surface area contributed by atoms with E-state index in [9.17, 15) is 14.9 Å². The number of halogens is 1. The highest BCUT2D eigenvalue weighted by molar-refractivity contribution is 6.32. The highest BCUT2D eigenvalue weighted by Crippen LogP contribution is 2.28. The van der Waals surface area contributed by atoms with Crippen molar-refractivity contribution < 1.29 is 19.2 Å². The standard InChI is InChI=1S/C12H15ClN2O5/c1-12(14,11(16)19-2)5-6-20-10-4-3-8(15(17)18)7-9(10)13/h3-4,7H,5-6,14H2,1-2H3. The third-order valence-corrected chi connectivity index (χ3v) is 2.95. The van der Waals surface area contributed by atoms with E-state index >= 15 is 0 Å². The van der Waals surface area contributed by atoms with Crippen LogP contribution in [0.15, 0.2) is 18.2 Å². The Morgan fingerprint density at radius 1 is 1.55 bits per heavy atom. The summed E-state index contributed by atoms with van der Waals surface area (Å²) < 4.78 is 9.92. The topological polar surface area (TPSA) is 105 Å². The number of carbonyl (C=O) groups is 1. The van der Waals surface area contributed by atoms with Gasteiger partial charge in [-0.15, -0.1) is 0 Å².